The van der Waals surface area contributed by atoms with Crippen LogP contribution in [0.4, 0.5) is 0 Å². The molecule has 4 heteroatoms. The molecular weight excluding hydrogens is 178 g/mol. The van der Waals surface area contributed by atoms with Crippen LogP contribution in [0.15, 0.2) is 12.3 Å². The predicted molar refractivity (Wildman–Crippen MR) is 54.0 cm³/mol. The van der Waals surface area contributed by atoms with Crippen molar-refractivity contribution in [2.75, 3.05) is 13.1 Å². The van der Waals surface area contributed by atoms with Crippen molar-refractivity contribution in [3.05, 3.63) is 18.0 Å². The molecule has 0 amide bonds. The van der Waals surface area contributed by atoms with Crippen molar-refractivity contribution in [3.8, 4) is 0 Å². The summed E-state index contributed by atoms with van der Waals surface area (Å²) in [6, 6.07) is 1.99. The van der Waals surface area contributed by atoms with E-state index in [1.165, 1.54) is 0 Å². The molecule has 1 atom stereocenters. The molecule has 1 fully saturated rings. The molecule has 2 N–H and O–H groups in total. The third-order valence-electron chi connectivity index (χ3n) is 2.75. The number of aliphatic hydroxyl groups is 1. The Bertz CT molecular complexity index is 302. The van der Waals surface area contributed by atoms with E-state index in [0.29, 0.717) is 13.0 Å². The van der Waals surface area contributed by atoms with E-state index in [1.807, 2.05) is 16.9 Å². The number of hydrogen-bond donors (Lipinski definition) is 2. The maximum atomic E-state index is 10.1. The van der Waals surface area contributed by atoms with Gasteiger partial charge in [0.2, 0.25) is 0 Å². The van der Waals surface area contributed by atoms with Crippen LogP contribution >= 0.6 is 0 Å². The largest absolute Gasteiger partial charge is 0.388 e. The van der Waals surface area contributed by atoms with Gasteiger partial charge in [-0.2, -0.15) is 5.10 Å². The molecule has 1 aromatic heterocycles. The van der Waals surface area contributed by atoms with E-state index in [4.69, 9.17) is 0 Å². The molecular formula is C10H17N3O. The maximum absolute atomic E-state index is 10.1. The van der Waals surface area contributed by atoms with E-state index in [-0.39, 0.29) is 0 Å². The van der Waals surface area contributed by atoms with Crippen molar-refractivity contribution >= 4 is 0 Å². The van der Waals surface area contributed by atoms with Crippen molar-refractivity contribution < 1.29 is 5.11 Å². The van der Waals surface area contributed by atoms with Gasteiger partial charge in [-0.3, -0.25) is 4.68 Å². The highest BCUT2D eigenvalue weighted by molar-refractivity contribution is 5.06. The molecule has 2 rings (SSSR count). The number of aromatic nitrogens is 2. The van der Waals surface area contributed by atoms with Crippen LogP contribution < -0.4 is 5.32 Å². The normalized spacial score (nSPS) is 27.0. The summed E-state index contributed by atoms with van der Waals surface area (Å²) in [7, 11) is 0. The summed E-state index contributed by atoms with van der Waals surface area (Å²) in [6.45, 7) is 4.54. The van der Waals surface area contributed by atoms with Crippen molar-refractivity contribution in [1.82, 2.24) is 15.1 Å². The SMILES string of the molecule is CCn1ccc(CC2(O)CCNC2)n1. The van der Waals surface area contributed by atoms with Crippen LogP contribution in [-0.4, -0.2) is 33.6 Å². The fourth-order valence-electron chi connectivity index (χ4n) is 1.89. The molecule has 1 unspecified atom stereocenters. The van der Waals surface area contributed by atoms with E-state index < -0.39 is 5.60 Å². The lowest BCUT2D eigenvalue weighted by atomic mass is 9.97. The molecule has 0 aromatic carbocycles. The first kappa shape index (κ1) is 9.68. The van der Waals surface area contributed by atoms with Crippen LogP contribution in [-0.2, 0) is 13.0 Å². The molecule has 0 radical (unpaired) electrons. The Balaban J connectivity index is 2.02. The van der Waals surface area contributed by atoms with Gasteiger partial charge in [0.15, 0.2) is 0 Å². The van der Waals surface area contributed by atoms with E-state index in [0.717, 1.165) is 25.2 Å². The van der Waals surface area contributed by atoms with Gasteiger partial charge in [-0.15, -0.1) is 0 Å². The molecule has 0 spiro atoms. The monoisotopic (exact) mass is 195 g/mol. The first-order valence-electron chi connectivity index (χ1n) is 5.17. The molecule has 0 bridgehead atoms. The van der Waals surface area contributed by atoms with Crippen LogP contribution in [0.3, 0.4) is 0 Å². The minimum absolute atomic E-state index is 0.576. The molecule has 0 saturated carbocycles. The topological polar surface area (TPSA) is 50.1 Å². The van der Waals surface area contributed by atoms with Crippen LogP contribution in [0.2, 0.25) is 0 Å². The Kier molecular flexibility index (Phi) is 2.56. The van der Waals surface area contributed by atoms with Crippen LogP contribution in [0.25, 0.3) is 0 Å². The number of nitrogens with zero attached hydrogens (tertiary/aromatic N) is 2. The summed E-state index contributed by atoms with van der Waals surface area (Å²) in [5.74, 6) is 0. The fourth-order valence-corrected chi connectivity index (χ4v) is 1.89. The summed E-state index contributed by atoms with van der Waals surface area (Å²) in [4.78, 5) is 0. The third kappa shape index (κ3) is 1.96. The molecule has 1 aromatic rings. The van der Waals surface area contributed by atoms with E-state index in [1.54, 1.807) is 0 Å². The highest BCUT2D eigenvalue weighted by Gasteiger charge is 2.31. The zero-order valence-electron chi connectivity index (χ0n) is 8.53. The summed E-state index contributed by atoms with van der Waals surface area (Å²) in [6.07, 6.45) is 3.44. The molecule has 2 heterocycles. The average Bonchev–Trinajstić information content (AvgIpc) is 2.75. The second-order valence-electron chi connectivity index (χ2n) is 3.99. The molecule has 1 aliphatic rings. The Morgan fingerprint density at radius 1 is 1.71 bits per heavy atom. The maximum Gasteiger partial charge on any atom is 0.0839 e. The van der Waals surface area contributed by atoms with Gasteiger partial charge >= 0.3 is 0 Å². The standard InChI is InChI=1S/C10H17N3O/c1-2-13-6-3-9(12-13)7-10(14)4-5-11-8-10/h3,6,11,14H,2,4-5,7-8H2,1H3. The first-order chi connectivity index (χ1) is 6.72. The Hall–Kier alpha value is -0.870. The van der Waals surface area contributed by atoms with Crippen molar-refractivity contribution in [2.45, 2.75) is 31.9 Å². The average molecular weight is 195 g/mol. The number of nitrogens with one attached hydrogen (secondary N) is 1. The van der Waals surface area contributed by atoms with Gasteiger partial charge in [-0.05, 0) is 26.0 Å². The molecule has 78 valence electrons. The number of β-amino-alcohol motifs (C(OH)–C–C–N with tert-alkyl or cyclic N) is 1. The predicted octanol–water partition coefficient (Wildman–Crippen LogP) is 0.170. The lowest BCUT2D eigenvalue weighted by molar-refractivity contribution is 0.0607. The van der Waals surface area contributed by atoms with Gasteiger partial charge in [0.05, 0.1) is 11.3 Å². The van der Waals surface area contributed by atoms with Gasteiger partial charge in [0.25, 0.3) is 0 Å². The fraction of sp³-hybridized carbons (Fsp3) is 0.700. The van der Waals surface area contributed by atoms with E-state index >= 15 is 0 Å². The van der Waals surface area contributed by atoms with Crippen molar-refractivity contribution in [2.24, 2.45) is 0 Å². The zero-order chi connectivity index (χ0) is 10.0. The second-order valence-corrected chi connectivity index (χ2v) is 3.99. The lowest BCUT2D eigenvalue weighted by Crippen LogP contribution is -2.33. The quantitative estimate of drug-likeness (QED) is 0.723. The minimum Gasteiger partial charge on any atom is -0.388 e. The van der Waals surface area contributed by atoms with Gasteiger partial charge < -0.3 is 10.4 Å². The summed E-state index contributed by atoms with van der Waals surface area (Å²) < 4.78 is 1.89. The van der Waals surface area contributed by atoms with Crippen molar-refractivity contribution in [1.29, 1.82) is 0 Å². The van der Waals surface area contributed by atoms with Crippen LogP contribution in [0.5, 0.6) is 0 Å². The molecule has 4 nitrogen and oxygen atoms in total. The van der Waals surface area contributed by atoms with Crippen molar-refractivity contribution in [3.63, 3.8) is 0 Å². The number of rotatable bonds is 3. The van der Waals surface area contributed by atoms with Crippen LogP contribution in [0, 0.1) is 0 Å². The Labute approximate surface area is 83.9 Å². The zero-order valence-corrected chi connectivity index (χ0v) is 8.53. The van der Waals surface area contributed by atoms with Gasteiger partial charge in [0.1, 0.15) is 0 Å². The number of hydrogen-bond acceptors (Lipinski definition) is 3. The summed E-state index contributed by atoms with van der Waals surface area (Å²) in [5.41, 5.74) is 0.408. The van der Waals surface area contributed by atoms with Gasteiger partial charge in [-0.1, -0.05) is 0 Å². The Morgan fingerprint density at radius 3 is 3.14 bits per heavy atom. The molecule has 1 aliphatic heterocycles. The Morgan fingerprint density at radius 2 is 2.57 bits per heavy atom. The third-order valence-corrected chi connectivity index (χ3v) is 2.75. The number of aryl methyl sites for hydroxylation is 1. The minimum atomic E-state index is -0.576. The summed E-state index contributed by atoms with van der Waals surface area (Å²) in [5, 5.41) is 17.7. The van der Waals surface area contributed by atoms with E-state index in [2.05, 4.69) is 17.3 Å². The highest BCUT2D eigenvalue weighted by Crippen LogP contribution is 2.19. The highest BCUT2D eigenvalue weighted by atomic mass is 16.3. The lowest BCUT2D eigenvalue weighted by Gasteiger charge is -2.19. The smallest absolute Gasteiger partial charge is 0.0839 e. The first-order valence-corrected chi connectivity index (χ1v) is 5.17. The summed E-state index contributed by atoms with van der Waals surface area (Å²) >= 11 is 0. The van der Waals surface area contributed by atoms with E-state index in [9.17, 15) is 5.11 Å². The van der Waals surface area contributed by atoms with Gasteiger partial charge in [0, 0.05) is 25.7 Å². The van der Waals surface area contributed by atoms with Gasteiger partial charge in [-0.25, -0.2) is 0 Å². The molecule has 1 saturated heterocycles. The second kappa shape index (κ2) is 3.71. The molecule has 14 heavy (non-hydrogen) atoms. The van der Waals surface area contributed by atoms with Crippen LogP contribution in [0.1, 0.15) is 19.0 Å². The molecule has 0 aliphatic carbocycles.